The fourth-order valence-electron chi connectivity index (χ4n) is 2.22. The average Bonchev–Trinajstić information content (AvgIpc) is 3.07. The van der Waals surface area contributed by atoms with Crippen LogP contribution in [0.2, 0.25) is 0 Å². The molecule has 0 amide bonds. The van der Waals surface area contributed by atoms with Gasteiger partial charge in [0.1, 0.15) is 0 Å². The minimum atomic E-state index is -4.39. The quantitative estimate of drug-likeness (QED) is 0.755. The van der Waals surface area contributed by atoms with E-state index in [4.69, 9.17) is 0 Å². The Hall–Kier alpha value is -1.44. The molecule has 3 rings (SSSR count). The van der Waals surface area contributed by atoms with Gasteiger partial charge in [-0.2, -0.15) is 13.2 Å². The monoisotopic (exact) mass is 328 g/mol. The number of hydrogen-bond donors (Lipinski definition) is 1. The third-order valence-electron chi connectivity index (χ3n) is 3.16. The smallest absolute Gasteiger partial charge is 0.309 e. The van der Waals surface area contributed by atoms with Crippen LogP contribution in [0.3, 0.4) is 0 Å². The van der Waals surface area contributed by atoms with E-state index in [2.05, 4.69) is 10.3 Å². The minimum Gasteiger partial charge on any atom is -0.309 e. The van der Waals surface area contributed by atoms with Crippen LogP contribution in [0.4, 0.5) is 13.2 Å². The highest BCUT2D eigenvalue weighted by atomic mass is 32.1. The number of benzene rings is 1. The number of aromatic nitrogens is 1. The van der Waals surface area contributed by atoms with Crippen molar-refractivity contribution >= 4 is 32.8 Å². The number of rotatable bonds is 3. The Morgan fingerprint density at radius 1 is 1.24 bits per heavy atom. The van der Waals surface area contributed by atoms with E-state index in [9.17, 15) is 13.2 Å². The zero-order chi connectivity index (χ0) is 15.0. The zero-order valence-electron chi connectivity index (χ0n) is 10.9. The van der Waals surface area contributed by atoms with Crippen LogP contribution in [0.25, 0.3) is 10.1 Å². The van der Waals surface area contributed by atoms with Crippen molar-refractivity contribution in [2.45, 2.75) is 12.2 Å². The van der Waals surface area contributed by atoms with Gasteiger partial charge in [0, 0.05) is 15.8 Å². The maximum absolute atomic E-state index is 12.7. The highest BCUT2D eigenvalue weighted by Gasteiger charge is 2.35. The predicted molar refractivity (Wildman–Crippen MR) is 79.8 cm³/mol. The number of thiophene rings is 1. The van der Waals surface area contributed by atoms with E-state index >= 15 is 0 Å². The van der Waals surface area contributed by atoms with Crippen LogP contribution in [-0.2, 0) is 6.18 Å². The number of fused-ring (bicyclic) bond motifs is 1. The summed E-state index contributed by atoms with van der Waals surface area (Å²) in [5.41, 5.74) is 0.982. The van der Waals surface area contributed by atoms with Crippen molar-refractivity contribution in [1.82, 2.24) is 10.3 Å². The van der Waals surface area contributed by atoms with Crippen molar-refractivity contribution in [2.75, 3.05) is 7.05 Å². The molecule has 7 heteroatoms. The number of hydrogen-bond acceptors (Lipinski definition) is 4. The van der Waals surface area contributed by atoms with Gasteiger partial charge in [-0.05, 0) is 29.4 Å². The summed E-state index contributed by atoms with van der Waals surface area (Å²) in [6, 6.07) is 7.58. The molecular weight excluding hydrogens is 317 g/mol. The van der Waals surface area contributed by atoms with E-state index in [1.807, 2.05) is 29.6 Å². The molecule has 1 N–H and O–H groups in total. The van der Waals surface area contributed by atoms with Gasteiger partial charge in [-0.1, -0.05) is 18.2 Å². The Morgan fingerprint density at radius 2 is 2.00 bits per heavy atom. The Balaban J connectivity index is 2.04. The molecule has 2 aromatic heterocycles. The van der Waals surface area contributed by atoms with E-state index < -0.39 is 11.2 Å². The molecule has 21 heavy (non-hydrogen) atoms. The second kappa shape index (κ2) is 5.40. The van der Waals surface area contributed by atoms with Gasteiger partial charge in [0.25, 0.3) is 0 Å². The topological polar surface area (TPSA) is 24.9 Å². The second-order valence-electron chi connectivity index (χ2n) is 4.47. The number of nitrogens with one attached hydrogen (secondary N) is 1. The Labute approximate surface area is 127 Å². The van der Waals surface area contributed by atoms with Gasteiger partial charge in [0.15, 0.2) is 5.01 Å². The first kappa shape index (κ1) is 14.5. The van der Waals surface area contributed by atoms with Gasteiger partial charge >= 0.3 is 6.18 Å². The first-order chi connectivity index (χ1) is 10.0. The van der Waals surface area contributed by atoms with E-state index in [0.717, 1.165) is 15.6 Å². The van der Waals surface area contributed by atoms with Crippen LogP contribution in [0, 0.1) is 0 Å². The molecule has 0 aliphatic carbocycles. The lowest BCUT2D eigenvalue weighted by Gasteiger charge is -2.13. The minimum absolute atomic E-state index is 0.283. The molecule has 1 aromatic carbocycles. The Bertz CT molecular complexity index is 761. The molecule has 1 atom stereocenters. The van der Waals surface area contributed by atoms with E-state index in [0.29, 0.717) is 16.2 Å². The molecule has 1 unspecified atom stereocenters. The highest BCUT2D eigenvalue weighted by molar-refractivity contribution is 7.17. The van der Waals surface area contributed by atoms with Gasteiger partial charge in [0.2, 0.25) is 0 Å². The van der Waals surface area contributed by atoms with Gasteiger partial charge in [-0.3, -0.25) is 0 Å². The summed E-state index contributed by atoms with van der Waals surface area (Å²) in [7, 11) is 1.74. The van der Waals surface area contributed by atoms with Crippen LogP contribution in [0.15, 0.2) is 35.8 Å². The Morgan fingerprint density at radius 3 is 2.67 bits per heavy atom. The summed E-state index contributed by atoms with van der Waals surface area (Å²) in [6.07, 6.45) is -3.08. The highest BCUT2D eigenvalue weighted by Crippen LogP contribution is 2.38. The van der Waals surface area contributed by atoms with Crippen molar-refractivity contribution in [2.24, 2.45) is 0 Å². The molecule has 0 aliphatic heterocycles. The van der Waals surface area contributed by atoms with Crippen LogP contribution in [-0.4, -0.2) is 12.0 Å². The molecule has 0 saturated carbocycles. The molecule has 110 valence electrons. The molecule has 0 spiro atoms. The SMILES string of the molecule is CNC(c1cnc(C(F)(F)F)s1)c1csc2ccccc12. The summed E-state index contributed by atoms with van der Waals surface area (Å²) >= 11 is 2.27. The molecule has 3 aromatic rings. The van der Waals surface area contributed by atoms with Crippen molar-refractivity contribution in [3.8, 4) is 0 Å². The fraction of sp³-hybridized carbons (Fsp3) is 0.214. The number of thiazole rings is 1. The lowest BCUT2D eigenvalue weighted by Crippen LogP contribution is -2.16. The van der Waals surface area contributed by atoms with E-state index in [1.165, 1.54) is 6.20 Å². The van der Waals surface area contributed by atoms with Crippen LogP contribution >= 0.6 is 22.7 Å². The maximum atomic E-state index is 12.7. The average molecular weight is 328 g/mol. The molecule has 0 saturated heterocycles. The van der Waals surface area contributed by atoms with Gasteiger partial charge in [0.05, 0.1) is 6.04 Å². The number of halogens is 3. The molecule has 0 bridgehead atoms. The van der Waals surface area contributed by atoms with Crippen LogP contribution in [0.1, 0.15) is 21.5 Å². The zero-order valence-corrected chi connectivity index (χ0v) is 12.6. The third-order valence-corrected chi connectivity index (χ3v) is 5.25. The molecule has 0 aliphatic rings. The Kier molecular flexibility index (Phi) is 3.73. The van der Waals surface area contributed by atoms with Crippen LogP contribution < -0.4 is 5.32 Å². The summed E-state index contributed by atoms with van der Waals surface area (Å²) in [5.74, 6) is 0. The van der Waals surface area contributed by atoms with Crippen molar-refractivity contribution < 1.29 is 13.2 Å². The van der Waals surface area contributed by atoms with E-state index in [-0.39, 0.29) is 6.04 Å². The van der Waals surface area contributed by atoms with Crippen molar-refractivity contribution in [1.29, 1.82) is 0 Å². The van der Waals surface area contributed by atoms with E-state index in [1.54, 1.807) is 18.4 Å². The first-order valence-electron chi connectivity index (χ1n) is 6.17. The largest absolute Gasteiger partial charge is 0.443 e. The fourth-order valence-corrected chi connectivity index (χ4v) is 4.12. The van der Waals surface area contributed by atoms with Gasteiger partial charge < -0.3 is 5.32 Å². The standard InChI is InChI=1S/C14H11F3N2S2/c1-18-12(11-6-19-13(21-11)14(15,16)17)9-7-20-10-5-3-2-4-8(9)10/h2-7,12,18H,1H3. The molecule has 2 nitrogen and oxygen atoms in total. The summed E-state index contributed by atoms with van der Waals surface area (Å²) in [4.78, 5) is 4.07. The van der Waals surface area contributed by atoms with Gasteiger partial charge in [-0.15, -0.1) is 22.7 Å². The predicted octanol–water partition coefficient (Wildman–Crippen LogP) is 4.69. The number of nitrogens with zero attached hydrogens (tertiary/aromatic N) is 1. The maximum Gasteiger partial charge on any atom is 0.443 e. The molecule has 0 fully saturated rings. The summed E-state index contributed by atoms with van der Waals surface area (Å²) < 4.78 is 39.2. The molecule has 2 heterocycles. The normalized spacial score (nSPS) is 13.7. The first-order valence-corrected chi connectivity index (χ1v) is 7.86. The molecular formula is C14H11F3N2S2. The second-order valence-corrected chi connectivity index (χ2v) is 6.45. The summed E-state index contributed by atoms with van der Waals surface area (Å²) in [6.45, 7) is 0. The lowest BCUT2D eigenvalue weighted by molar-refractivity contribution is -0.137. The summed E-state index contributed by atoms with van der Waals surface area (Å²) in [5, 5.41) is 5.32. The number of alkyl halides is 3. The van der Waals surface area contributed by atoms with Gasteiger partial charge in [-0.25, -0.2) is 4.98 Å². The lowest BCUT2D eigenvalue weighted by atomic mass is 10.1. The van der Waals surface area contributed by atoms with Crippen molar-refractivity contribution in [3.63, 3.8) is 0 Å². The third kappa shape index (κ3) is 2.68. The molecule has 0 radical (unpaired) electrons. The van der Waals surface area contributed by atoms with Crippen molar-refractivity contribution in [3.05, 3.63) is 51.3 Å². The van der Waals surface area contributed by atoms with Crippen LogP contribution in [0.5, 0.6) is 0 Å².